The molecular weight excluding hydrogens is 248 g/mol. The van der Waals surface area contributed by atoms with E-state index in [2.05, 4.69) is 46.1 Å². The van der Waals surface area contributed by atoms with Crippen LogP contribution in [0.1, 0.15) is 51.3 Å². The van der Waals surface area contributed by atoms with Crippen molar-refractivity contribution in [2.24, 2.45) is 5.92 Å². The summed E-state index contributed by atoms with van der Waals surface area (Å²) < 4.78 is 2.06. The van der Waals surface area contributed by atoms with Crippen molar-refractivity contribution in [3.63, 3.8) is 0 Å². The molecule has 1 saturated heterocycles. The summed E-state index contributed by atoms with van der Waals surface area (Å²) in [5.41, 5.74) is 1.22. The molecule has 4 heteroatoms. The van der Waals surface area contributed by atoms with Gasteiger partial charge in [0.1, 0.15) is 0 Å². The van der Waals surface area contributed by atoms with Crippen molar-refractivity contribution in [1.82, 2.24) is 20.0 Å². The standard InChI is InChI=1S/C16H28N4/c1-13(2)20-9-7-16(18-20)12-19-8-3-4-14(11-19)10-17-15-5-6-15/h7,9,13-15,17H,3-6,8,10-12H2,1-2H3. The van der Waals surface area contributed by atoms with Gasteiger partial charge in [0.05, 0.1) is 5.69 Å². The number of piperidine rings is 1. The molecule has 20 heavy (non-hydrogen) atoms. The lowest BCUT2D eigenvalue weighted by Crippen LogP contribution is -2.39. The Bertz CT molecular complexity index is 422. The number of rotatable bonds is 6. The topological polar surface area (TPSA) is 33.1 Å². The summed E-state index contributed by atoms with van der Waals surface area (Å²) in [5.74, 6) is 0.830. The predicted molar refractivity (Wildman–Crippen MR) is 81.6 cm³/mol. The molecule has 1 unspecified atom stereocenters. The average molecular weight is 276 g/mol. The second-order valence-electron chi connectivity index (χ2n) is 6.81. The van der Waals surface area contributed by atoms with Gasteiger partial charge in [-0.3, -0.25) is 9.58 Å². The maximum atomic E-state index is 4.67. The number of likely N-dealkylation sites (tertiary alicyclic amines) is 1. The van der Waals surface area contributed by atoms with Crippen LogP contribution in [0.25, 0.3) is 0 Å². The third kappa shape index (κ3) is 3.83. The monoisotopic (exact) mass is 276 g/mol. The molecule has 112 valence electrons. The Balaban J connectivity index is 1.48. The smallest absolute Gasteiger partial charge is 0.0764 e. The minimum Gasteiger partial charge on any atom is -0.314 e. The number of nitrogens with zero attached hydrogens (tertiary/aromatic N) is 3. The van der Waals surface area contributed by atoms with Gasteiger partial charge in [-0.05, 0) is 64.6 Å². The van der Waals surface area contributed by atoms with Crippen LogP contribution in [0.15, 0.2) is 12.3 Å². The van der Waals surface area contributed by atoms with Crippen LogP contribution in [0.2, 0.25) is 0 Å². The van der Waals surface area contributed by atoms with Crippen molar-refractivity contribution in [2.75, 3.05) is 19.6 Å². The molecule has 0 bridgehead atoms. The van der Waals surface area contributed by atoms with E-state index in [0.29, 0.717) is 6.04 Å². The van der Waals surface area contributed by atoms with Crippen LogP contribution < -0.4 is 5.32 Å². The third-order valence-corrected chi connectivity index (χ3v) is 4.45. The molecule has 2 heterocycles. The zero-order valence-corrected chi connectivity index (χ0v) is 12.9. The predicted octanol–water partition coefficient (Wildman–Crippen LogP) is 2.43. The van der Waals surface area contributed by atoms with Crippen LogP contribution in [0.4, 0.5) is 0 Å². The fourth-order valence-corrected chi connectivity index (χ4v) is 3.06. The minimum absolute atomic E-state index is 0.459. The van der Waals surface area contributed by atoms with Crippen molar-refractivity contribution in [3.8, 4) is 0 Å². The van der Waals surface area contributed by atoms with Crippen LogP contribution in [0.5, 0.6) is 0 Å². The van der Waals surface area contributed by atoms with E-state index in [1.165, 1.54) is 51.0 Å². The summed E-state index contributed by atoms with van der Waals surface area (Å²) in [6, 6.07) is 3.47. The van der Waals surface area contributed by atoms with E-state index in [-0.39, 0.29) is 0 Å². The number of nitrogens with one attached hydrogen (secondary N) is 1. The molecular formula is C16H28N4. The highest BCUT2D eigenvalue weighted by molar-refractivity contribution is 5.00. The van der Waals surface area contributed by atoms with Gasteiger partial charge >= 0.3 is 0 Å². The Kier molecular flexibility index (Phi) is 4.41. The maximum Gasteiger partial charge on any atom is 0.0764 e. The van der Waals surface area contributed by atoms with Crippen LogP contribution >= 0.6 is 0 Å². The van der Waals surface area contributed by atoms with E-state index in [4.69, 9.17) is 0 Å². The highest BCUT2D eigenvalue weighted by Crippen LogP contribution is 2.22. The van der Waals surface area contributed by atoms with Crippen LogP contribution in [0.3, 0.4) is 0 Å². The molecule has 1 saturated carbocycles. The van der Waals surface area contributed by atoms with E-state index in [9.17, 15) is 0 Å². The summed E-state index contributed by atoms with van der Waals surface area (Å²) in [6.45, 7) is 9.04. The lowest BCUT2D eigenvalue weighted by molar-refractivity contribution is 0.163. The second-order valence-corrected chi connectivity index (χ2v) is 6.81. The van der Waals surface area contributed by atoms with Crippen molar-refractivity contribution in [1.29, 1.82) is 0 Å². The maximum absolute atomic E-state index is 4.67. The first-order valence-corrected chi connectivity index (χ1v) is 8.20. The van der Waals surface area contributed by atoms with Crippen molar-refractivity contribution in [2.45, 2.75) is 58.2 Å². The molecule has 1 aromatic rings. The molecule has 2 aliphatic rings. The largest absolute Gasteiger partial charge is 0.314 e. The molecule has 0 aromatic carbocycles. The van der Waals surface area contributed by atoms with Gasteiger partial charge in [0.15, 0.2) is 0 Å². The zero-order chi connectivity index (χ0) is 13.9. The summed E-state index contributed by atoms with van der Waals surface area (Å²) in [4.78, 5) is 2.58. The molecule has 0 radical (unpaired) electrons. The summed E-state index contributed by atoms with van der Waals surface area (Å²) in [5, 5.41) is 8.36. The zero-order valence-electron chi connectivity index (χ0n) is 12.9. The Hall–Kier alpha value is -0.870. The van der Waals surface area contributed by atoms with Crippen LogP contribution in [0, 0.1) is 5.92 Å². The second kappa shape index (κ2) is 6.27. The SMILES string of the molecule is CC(C)n1ccc(CN2CCCC(CNC3CC3)C2)n1. The first kappa shape index (κ1) is 14.1. The van der Waals surface area contributed by atoms with Crippen molar-refractivity contribution >= 4 is 0 Å². The quantitative estimate of drug-likeness (QED) is 0.866. The molecule has 1 aliphatic heterocycles. The fraction of sp³-hybridized carbons (Fsp3) is 0.812. The number of aromatic nitrogens is 2. The van der Waals surface area contributed by atoms with Gasteiger partial charge in [-0.15, -0.1) is 0 Å². The highest BCUT2D eigenvalue weighted by atomic mass is 15.3. The van der Waals surface area contributed by atoms with Gasteiger partial charge in [-0.1, -0.05) is 0 Å². The lowest BCUT2D eigenvalue weighted by Gasteiger charge is -2.32. The lowest BCUT2D eigenvalue weighted by atomic mass is 9.98. The van der Waals surface area contributed by atoms with Crippen LogP contribution in [-0.4, -0.2) is 40.4 Å². The minimum atomic E-state index is 0.459. The number of hydrogen-bond acceptors (Lipinski definition) is 3. The van der Waals surface area contributed by atoms with Gasteiger partial charge in [0.2, 0.25) is 0 Å². The summed E-state index contributed by atoms with van der Waals surface area (Å²) in [7, 11) is 0. The first-order chi connectivity index (χ1) is 9.70. The molecule has 4 nitrogen and oxygen atoms in total. The summed E-state index contributed by atoms with van der Waals surface area (Å²) in [6.07, 6.45) is 7.61. The van der Waals surface area contributed by atoms with E-state index in [0.717, 1.165) is 18.5 Å². The van der Waals surface area contributed by atoms with Crippen molar-refractivity contribution in [3.05, 3.63) is 18.0 Å². The fourth-order valence-electron chi connectivity index (χ4n) is 3.06. The Morgan fingerprint density at radius 2 is 2.20 bits per heavy atom. The normalized spacial score (nSPS) is 24.4. The van der Waals surface area contributed by atoms with E-state index in [1.54, 1.807) is 0 Å². The average Bonchev–Trinajstić information content (AvgIpc) is 3.15. The van der Waals surface area contributed by atoms with Gasteiger partial charge in [-0.25, -0.2) is 0 Å². The molecule has 1 atom stereocenters. The van der Waals surface area contributed by atoms with Crippen molar-refractivity contribution < 1.29 is 0 Å². The van der Waals surface area contributed by atoms with Crippen LogP contribution in [-0.2, 0) is 6.54 Å². The Labute approximate surface area is 122 Å². The summed E-state index contributed by atoms with van der Waals surface area (Å²) >= 11 is 0. The van der Waals surface area contributed by atoms with Gasteiger partial charge in [0, 0.05) is 31.4 Å². The molecule has 1 aliphatic carbocycles. The van der Waals surface area contributed by atoms with E-state index in [1.807, 2.05) is 0 Å². The number of hydrogen-bond donors (Lipinski definition) is 1. The molecule has 2 fully saturated rings. The molecule has 1 N–H and O–H groups in total. The molecule has 0 amide bonds. The first-order valence-electron chi connectivity index (χ1n) is 8.20. The van der Waals surface area contributed by atoms with Gasteiger partial charge in [0.25, 0.3) is 0 Å². The highest BCUT2D eigenvalue weighted by Gasteiger charge is 2.25. The van der Waals surface area contributed by atoms with Gasteiger partial charge < -0.3 is 5.32 Å². The Morgan fingerprint density at radius 1 is 1.35 bits per heavy atom. The molecule has 0 spiro atoms. The van der Waals surface area contributed by atoms with E-state index >= 15 is 0 Å². The van der Waals surface area contributed by atoms with Gasteiger partial charge in [-0.2, -0.15) is 5.10 Å². The molecule has 1 aromatic heterocycles. The van der Waals surface area contributed by atoms with E-state index < -0.39 is 0 Å². The third-order valence-electron chi connectivity index (χ3n) is 4.45. The molecule has 3 rings (SSSR count). The Morgan fingerprint density at radius 3 is 2.90 bits per heavy atom.